The highest BCUT2D eigenvalue weighted by Gasteiger charge is 2.15. The molecule has 4 aromatic rings. The number of aromatic nitrogens is 1. The monoisotopic (exact) mass is 426 g/mol. The second kappa shape index (κ2) is 9.08. The molecule has 162 valence electrons. The summed E-state index contributed by atoms with van der Waals surface area (Å²) in [5.74, 6) is 0.747. The van der Waals surface area contributed by atoms with Gasteiger partial charge < -0.3 is 26.6 Å². The van der Waals surface area contributed by atoms with Crippen LogP contribution in [0.25, 0.3) is 38.2 Å². The van der Waals surface area contributed by atoms with Gasteiger partial charge in [-0.05, 0) is 76.5 Å². The smallest absolute Gasteiger partial charge is 0.256 e. The number of nitrogens with one attached hydrogen (secondary N) is 2. The van der Waals surface area contributed by atoms with E-state index in [1.807, 2.05) is 42.5 Å². The van der Waals surface area contributed by atoms with Gasteiger partial charge in [-0.2, -0.15) is 0 Å². The second-order valence-corrected chi connectivity index (χ2v) is 7.64. The number of hydrogen-bond donors (Lipinski definition) is 4. The first-order chi connectivity index (χ1) is 15.6. The van der Waals surface area contributed by atoms with Gasteiger partial charge in [0.25, 0.3) is 5.56 Å². The zero-order chi connectivity index (χ0) is 22.7. The van der Waals surface area contributed by atoms with Gasteiger partial charge in [-0.1, -0.05) is 24.3 Å². The van der Waals surface area contributed by atoms with Crippen LogP contribution in [0.3, 0.4) is 0 Å². The maximum absolute atomic E-state index is 13.1. The summed E-state index contributed by atoms with van der Waals surface area (Å²) in [6.07, 6.45) is 6.02. The Kier molecular flexibility index (Phi) is 6.05. The molecule has 0 aliphatic heterocycles. The maximum Gasteiger partial charge on any atom is 0.256 e. The number of methoxy groups -OCH3 is 1. The summed E-state index contributed by atoms with van der Waals surface area (Å²) in [5.41, 5.74) is 15.7. The SMILES string of the molecule is COc1cccc(-c2c[nH]c(=O)c3c2cc(CCCN)c2ccc(/C(C=N)=C/N)cc23)c1. The van der Waals surface area contributed by atoms with Crippen LogP contribution < -0.4 is 21.8 Å². The van der Waals surface area contributed by atoms with Gasteiger partial charge in [-0.15, -0.1) is 0 Å². The number of fused-ring (bicyclic) bond motifs is 3. The first-order valence-electron chi connectivity index (χ1n) is 10.5. The van der Waals surface area contributed by atoms with E-state index in [1.54, 1.807) is 13.3 Å². The van der Waals surface area contributed by atoms with E-state index in [0.29, 0.717) is 17.5 Å². The fraction of sp³-hybridized carbons (Fsp3) is 0.154. The molecule has 4 rings (SSSR count). The Morgan fingerprint density at radius 2 is 1.97 bits per heavy atom. The van der Waals surface area contributed by atoms with E-state index in [1.165, 1.54) is 12.4 Å². The van der Waals surface area contributed by atoms with Crippen molar-refractivity contribution in [1.82, 2.24) is 4.98 Å². The molecule has 6 nitrogen and oxygen atoms in total. The minimum atomic E-state index is -0.160. The predicted octanol–water partition coefficient (Wildman–Crippen LogP) is 4.20. The van der Waals surface area contributed by atoms with Crippen LogP contribution in [-0.4, -0.2) is 24.9 Å². The first-order valence-corrected chi connectivity index (χ1v) is 10.5. The van der Waals surface area contributed by atoms with Crippen LogP contribution in [-0.2, 0) is 6.42 Å². The topological polar surface area (TPSA) is 118 Å². The molecule has 0 aliphatic rings. The molecule has 6 heteroatoms. The van der Waals surface area contributed by atoms with Crippen molar-refractivity contribution < 1.29 is 4.74 Å². The second-order valence-electron chi connectivity index (χ2n) is 7.64. The molecule has 0 fully saturated rings. The molecule has 3 aromatic carbocycles. The molecule has 0 aliphatic carbocycles. The number of aryl methyl sites for hydroxylation is 1. The molecular formula is C26H26N4O2. The number of ether oxygens (including phenoxy) is 1. The molecule has 1 aromatic heterocycles. The van der Waals surface area contributed by atoms with Crippen molar-refractivity contribution >= 4 is 33.3 Å². The van der Waals surface area contributed by atoms with Crippen molar-refractivity contribution in [1.29, 1.82) is 5.41 Å². The average Bonchev–Trinajstić information content (AvgIpc) is 2.83. The number of hydrogen-bond acceptors (Lipinski definition) is 5. The van der Waals surface area contributed by atoms with E-state index in [2.05, 4.69) is 11.1 Å². The Balaban J connectivity index is 2.11. The molecule has 0 saturated heterocycles. The highest BCUT2D eigenvalue weighted by molar-refractivity contribution is 6.15. The summed E-state index contributed by atoms with van der Waals surface area (Å²) >= 11 is 0. The zero-order valence-corrected chi connectivity index (χ0v) is 17.9. The van der Waals surface area contributed by atoms with Crippen molar-refractivity contribution in [3.05, 3.63) is 82.4 Å². The Bertz CT molecular complexity index is 1400. The lowest BCUT2D eigenvalue weighted by atomic mass is 9.90. The van der Waals surface area contributed by atoms with Crippen molar-refractivity contribution in [2.45, 2.75) is 12.8 Å². The van der Waals surface area contributed by atoms with E-state index >= 15 is 0 Å². The lowest BCUT2D eigenvalue weighted by molar-refractivity contribution is 0.415. The Morgan fingerprint density at radius 1 is 1.12 bits per heavy atom. The molecule has 0 radical (unpaired) electrons. The fourth-order valence-corrected chi connectivity index (χ4v) is 4.18. The predicted molar refractivity (Wildman–Crippen MR) is 132 cm³/mol. The zero-order valence-electron chi connectivity index (χ0n) is 17.9. The standard InChI is InChI=1S/C26H26N4O2/c1-32-20-6-2-4-17(10-20)24-15-30-26(31)25-22-11-16(19(13-28)14-29)7-8-21(22)18(5-3-9-27)12-23(24)25/h2,4,6-8,10-15,28H,3,5,9,27,29H2,1H3,(H,30,31)/b19-14+,28-13?. The summed E-state index contributed by atoms with van der Waals surface area (Å²) in [7, 11) is 1.63. The van der Waals surface area contributed by atoms with Crippen molar-refractivity contribution in [3.8, 4) is 16.9 Å². The van der Waals surface area contributed by atoms with Crippen LogP contribution in [0.1, 0.15) is 17.5 Å². The van der Waals surface area contributed by atoms with Gasteiger partial charge in [0, 0.05) is 29.7 Å². The molecule has 0 amide bonds. The number of pyridine rings is 1. The highest BCUT2D eigenvalue weighted by Crippen LogP contribution is 2.35. The van der Waals surface area contributed by atoms with Crippen LogP contribution in [0.2, 0.25) is 0 Å². The third-order valence-corrected chi connectivity index (χ3v) is 5.79. The largest absolute Gasteiger partial charge is 0.497 e. The van der Waals surface area contributed by atoms with Gasteiger partial charge in [-0.3, -0.25) is 4.79 Å². The number of aromatic amines is 1. The number of nitrogens with two attached hydrogens (primary N) is 2. The summed E-state index contributed by atoms with van der Waals surface area (Å²) < 4.78 is 5.40. The Labute approximate surface area is 186 Å². The van der Waals surface area contributed by atoms with Crippen LogP contribution in [0.4, 0.5) is 0 Å². The summed E-state index contributed by atoms with van der Waals surface area (Å²) in [6, 6.07) is 15.8. The highest BCUT2D eigenvalue weighted by atomic mass is 16.5. The molecule has 0 spiro atoms. The molecule has 32 heavy (non-hydrogen) atoms. The van der Waals surface area contributed by atoms with Gasteiger partial charge in [0.15, 0.2) is 0 Å². The van der Waals surface area contributed by atoms with Crippen LogP contribution in [0.15, 0.2) is 65.7 Å². The molecule has 0 unspecified atom stereocenters. The summed E-state index contributed by atoms with van der Waals surface area (Å²) in [6.45, 7) is 0.587. The van der Waals surface area contributed by atoms with Gasteiger partial charge >= 0.3 is 0 Å². The lowest BCUT2D eigenvalue weighted by Crippen LogP contribution is -2.08. The average molecular weight is 427 g/mol. The summed E-state index contributed by atoms with van der Waals surface area (Å²) in [5, 5.41) is 11.0. The minimum absolute atomic E-state index is 0.160. The molecule has 1 heterocycles. The van der Waals surface area contributed by atoms with E-state index in [-0.39, 0.29) is 5.56 Å². The third-order valence-electron chi connectivity index (χ3n) is 5.79. The van der Waals surface area contributed by atoms with Crippen LogP contribution in [0.5, 0.6) is 5.75 Å². The normalized spacial score (nSPS) is 11.8. The van der Waals surface area contributed by atoms with E-state index < -0.39 is 0 Å². The Morgan fingerprint density at radius 3 is 2.69 bits per heavy atom. The van der Waals surface area contributed by atoms with Crippen LogP contribution in [0, 0.1) is 5.41 Å². The first kappa shape index (κ1) is 21.3. The number of H-pyrrole nitrogens is 1. The van der Waals surface area contributed by atoms with Gasteiger partial charge in [-0.25, -0.2) is 0 Å². The van der Waals surface area contributed by atoms with Crippen LogP contribution >= 0.6 is 0 Å². The lowest BCUT2D eigenvalue weighted by Gasteiger charge is -2.15. The molecule has 6 N–H and O–H groups in total. The van der Waals surface area contributed by atoms with E-state index in [4.69, 9.17) is 21.6 Å². The van der Waals surface area contributed by atoms with E-state index in [9.17, 15) is 4.79 Å². The molecule has 0 atom stereocenters. The third kappa shape index (κ3) is 3.76. The molecule has 0 saturated carbocycles. The molecule has 0 bridgehead atoms. The Hall–Kier alpha value is -3.90. The quantitative estimate of drug-likeness (QED) is 0.262. The van der Waals surface area contributed by atoms with Gasteiger partial charge in [0.1, 0.15) is 5.75 Å². The number of allylic oxidation sites excluding steroid dienone is 1. The van der Waals surface area contributed by atoms with Gasteiger partial charge in [0.05, 0.1) is 12.5 Å². The maximum atomic E-state index is 13.1. The van der Waals surface area contributed by atoms with E-state index in [0.717, 1.165) is 57.0 Å². The fourth-order valence-electron chi connectivity index (χ4n) is 4.18. The van der Waals surface area contributed by atoms with Crippen molar-refractivity contribution in [2.24, 2.45) is 11.5 Å². The molecular weight excluding hydrogens is 400 g/mol. The van der Waals surface area contributed by atoms with Crippen molar-refractivity contribution in [3.63, 3.8) is 0 Å². The minimum Gasteiger partial charge on any atom is -0.497 e. The van der Waals surface area contributed by atoms with Crippen molar-refractivity contribution in [2.75, 3.05) is 13.7 Å². The number of benzene rings is 3. The van der Waals surface area contributed by atoms with Gasteiger partial charge in [0.2, 0.25) is 0 Å². The summed E-state index contributed by atoms with van der Waals surface area (Å²) in [4.78, 5) is 16.0. The number of rotatable bonds is 7.